The first-order valence-corrected chi connectivity index (χ1v) is 6.46. The Hall–Kier alpha value is -2.27. The number of hydrazone groups is 1. The molecule has 0 bridgehead atoms. The van der Waals surface area contributed by atoms with Crippen LogP contribution in [0.15, 0.2) is 53.6 Å². The molecule has 0 unspecified atom stereocenters. The number of hydrogen-bond donors (Lipinski definition) is 2. The molecule has 0 aromatic heterocycles. The van der Waals surface area contributed by atoms with Crippen molar-refractivity contribution in [3.8, 4) is 0 Å². The zero-order valence-corrected chi connectivity index (χ0v) is 11.7. The van der Waals surface area contributed by atoms with E-state index in [4.69, 9.17) is 12.2 Å². The molecule has 2 rings (SSSR count). The standard InChI is InChI=1S/C15H14FN3S/c1-11-3-2-4-14(9-11)18-15(20)19-17-10-12-5-7-13(16)8-6-12/h2-10H,1H3,(H2,18,19,20)/b17-10+. The second kappa shape index (κ2) is 6.77. The maximum absolute atomic E-state index is 12.7. The Balaban J connectivity index is 1.87. The largest absolute Gasteiger partial charge is 0.331 e. The number of nitrogens with one attached hydrogen (secondary N) is 2. The van der Waals surface area contributed by atoms with E-state index in [-0.39, 0.29) is 5.82 Å². The Labute approximate surface area is 122 Å². The van der Waals surface area contributed by atoms with Crippen LogP contribution in [-0.4, -0.2) is 11.3 Å². The highest BCUT2D eigenvalue weighted by Gasteiger charge is 1.96. The first kappa shape index (κ1) is 14.1. The van der Waals surface area contributed by atoms with Gasteiger partial charge in [0.15, 0.2) is 5.11 Å². The van der Waals surface area contributed by atoms with Gasteiger partial charge in [-0.25, -0.2) is 4.39 Å². The first-order chi connectivity index (χ1) is 9.63. The average Bonchev–Trinajstić information content (AvgIpc) is 2.41. The third kappa shape index (κ3) is 4.44. The highest BCUT2D eigenvalue weighted by atomic mass is 32.1. The predicted octanol–water partition coefficient (Wildman–Crippen LogP) is 3.45. The van der Waals surface area contributed by atoms with Gasteiger partial charge in [-0.2, -0.15) is 5.10 Å². The lowest BCUT2D eigenvalue weighted by atomic mass is 10.2. The van der Waals surface area contributed by atoms with Crippen LogP contribution in [0.3, 0.4) is 0 Å². The summed E-state index contributed by atoms with van der Waals surface area (Å²) in [5.74, 6) is -0.272. The molecule has 0 aliphatic heterocycles. The van der Waals surface area contributed by atoms with Crippen molar-refractivity contribution in [1.29, 1.82) is 0 Å². The fourth-order valence-electron chi connectivity index (χ4n) is 1.60. The summed E-state index contributed by atoms with van der Waals surface area (Å²) in [5.41, 5.74) is 5.55. The molecule has 102 valence electrons. The topological polar surface area (TPSA) is 36.4 Å². The summed E-state index contributed by atoms with van der Waals surface area (Å²) in [6.07, 6.45) is 1.57. The molecule has 0 fully saturated rings. The van der Waals surface area contributed by atoms with E-state index in [0.29, 0.717) is 5.11 Å². The first-order valence-electron chi connectivity index (χ1n) is 6.06. The summed E-state index contributed by atoms with van der Waals surface area (Å²) in [5, 5.41) is 7.41. The number of rotatable bonds is 3. The van der Waals surface area contributed by atoms with Crippen LogP contribution in [-0.2, 0) is 0 Å². The van der Waals surface area contributed by atoms with Gasteiger partial charge in [0.2, 0.25) is 0 Å². The molecule has 0 atom stereocenters. The number of aryl methyl sites for hydroxylation is 1. The third-order valence-corrected chi connectivity index (χ3v) is 2.72. The minimum Gasteiger partial charge on any atom is -0.331 e. The van der Waals surface area contributed by atoms with Crippen molar-refractivity contribution >= 4 is 29.2 Å². The number of nitrogens with zero attached hydrogens (tertiary/aromatic N) is 1. The zero-order valence-electron chi connectivity index (χ0n) is 10.9. The Morgan fingerprint density at radius 1 is 1.20 bits per heavy atom. The number of halogens is 1. The Bertz CT molecular complexity index is 623. The van der Waals surface area contributed by atoms with E-state index >= 15 is 0 Å². The van der Waals surface area contributed by atoms with E-state index in [2.05, 4.69) is 15.8 Å². The van der Waals surface area contributed by atoms with E-state index in [1.54, 1.807) is 18.3 Å². The van der Waals surface area contributed by atoms with Crippen molar-refractivity contribution in [3.63, 3.8) is 0 Å². The molecule has 20 heavy (non-hydrogen) atoms. The van der Waals surface area contributed by atoms with Crippen LogP contribution in [0, 0.1) is 12.7 Å². The Morgan fingerprint density at radius 3 is 2.65 bits per heavy atom. The van der Waals surface area contributed by atoms with Crippen molar-refractivity contribution in [2.75, 3.05) is 5.32 Å². The maximum Gasteiger partial charge on any atom is 0.191 e. The monoisotopic (exact) mass is 287 g/mol. The van der Waals surface area contributed by atoms with E-state index in [9.17, 15) is 4.39 Å². The van der Waals surface area contributed by atoms with Crippen molar-refractivity contribution in [1.82, 2.24) is 5.43 Å². The summed E-state index contributed by atoms with van der Waals surface area (Å²) < 4.78 is 12.7. The van der Waals surface area contributed by atoms with Gasteiger partial charge in [-0.3, -0.25) is 5.43 Å². The van der Waals surface area contributed by atoms with Gasteiger partial charge >= 0.3 is 0 Å². The van der Waals surface area contributed by atoms with Crippen LogP contribution in [0.4, 0.5) is 10.1 Å². The lowest BCUT2D eigenvalue weighted by Gasteiger charge is -2.07. The zero-order chi connectivity index (χ0) is 14.4. The molecule has 2 aromatic rings. The smallest absolute Gasteiger partial charge is 0.191 e. The Morgan fingerprint density at radius 2 is 1.95 bits per heavy atom. The van der Waals surface area contributed by atoms with Crippen LogP contribution in [0.1, 0.15) is 11.1 Å². The summed E-state index contributed by atoms with van der Waals surface area (Å²) in [7, 11) is 0. The van der Waals surface area contributed by atoms with Crippen LogP contribution in [0.5, 0.6) is 0 Å². The average molecular weight is 287 g/mol. The van der Waals surface area contributed by atoms with Gasteiger partial charge in [0.1, 0.15) is 5.82 Å². The van der Waals surface area contributed by atoms with Gasteiger partial charge in [-0.15, -0.1) is 0 Å². The molecule has 5 heteroatoms. The summed E-state index contributed by atoms with van der Waals surface area (Å²) in [4.78, 5) is 0. The predicted molar refractivity (Wildman–Crippen MR) is 84.5 cm³/mol. The van der Waals surface area contributed by atoms with Crippen molar-refractivity contribution in [2.24, 2.45) is 5.10 Å². The second-order valence-electron chi connectivity index (χ2n) is 4.25. The number of benzene rings is 2. The molecule has 0 aliphatic rings. The normalized spacial score (nSPS) is 10.5. The minimum absolute atomic E-state index is 0.272. The van der Waals surface area contributed by atoms with E-state index in [1.807, 2.05) is 31.2 Å². The summed E-state index contributed by atoms with van der Waals surface area (Å²) in [6, 6.07) is 13.9. The molecule has 2 N–H and O–H groups in total. The number of thiocarbonyl (C=S) groups is 1. The van der Waals surface area contributed by atoms with Crippen LogP contribution >= 0.6 is 12.2 Å². The SMILES string of the molecule is Cc1cccc(NC(=S)N/N=C/c2ccc(F)cc2)c1. The molecular formula is C15H14FN3S. The molecule has 3 nitrogen and oxygen atoms in total. The molecule has 0 radical (unpaired) electrons. The minimum atomic E-state index is -0.272. The number of anilines is 1. The highest BCUT2D eigenvalue weighted by Crippen LogP contribution is 2.09. The molecule has 0 aliphatic carbocycles. The molecule has 2 aromatic carbocycles. The van der Waals surface area contributed by atoms with Gasteiger partial charge in [0.25, 0.3) is 0 Å². The molecule has 0 saturated heterocycles. The summed E-state index contributed by atoms with van der Waals surface area (Å²) in [6.45, 7) is 2.01. The fourth-order valence-corrected chi connectivity index (χ4v) is 1.77. The van der Waals surface area contributed by atoms with Crippen molar-refractivity contribution in [2.45, 2.75) is 6.92 Å². The highest BCUT2D eigenvalue weighted by molar-refractivity contribution is 7.80. The number of hydrogen-bond acceptors (Lipinski definition) is 2. The van der Waals surface area contributed by atoms with Crippen molar-refractivity contribution in [3.05, 3.63) is 65.5 Å². The molecule has 0 heterocycles. The fraction of sp³-hybridized carbons (Fsp3) is 0.0667. The van der Waals surface area contributed by atoms with Gasteiger partial charge in [-0.1, -0.05) is 24.3 Å². The molecule has 0 spiro atoms. The second-order valence-corrected chi connectivity index (χ2v) is 4.65. The van der Waals surface area contributed by atoms with Crippen LogP contribution in [0.25, 0.3) is 0 Å². The third-order valence-electron chi connectivity index (χ3n) is 2.53. The summed E-state index contributed by atoms with van der Waals surface area (Å²) >= 11 is 5.12. The van der Waals surface area contributed by atoms with Crippen molar-refractivity contribution < 1.29 is 4.39 Å². The van der Waals surface area contributed by atoms with Gasteiger partial charge < -0.3 is 5.32 Å². The van der Waals surface area contributed by atoms with Crippen LogP contribution < -0.4 is 10.7 Å². The molecule has 0 amide bonds. The lowest BCUT2D eigenvalue weighted by molar-refractivity contribution is 0.628. The molecular weight excluding hydrogens is 273 g/mol. The van der Waals surface area contributed by atoms with Gasteiger partial charge in [-0.05, 0) is 54.5 Å². The lowest BCUT2D eigenvalue weighted by Crippen LogP contribution is -2.23. The maximum atomic E-state index is 12.7. The van der Waals surface area contributed by atoms with Gasteiger partial charge in [0, 0.05) is 5.69 Å². The van der Waals surface area contributed by atoms with E-state index in [1.165, 1.54) is 12.1 Å². The van der Waals surface area contributed by atoms with E-state index in [0.717, 1.165) is 16.8 Å². The quantitative estimate of drug-likeness (QED) is 0.516. The van der Waals surface area contributed by atoms with E-state index < -0.39 is 0 Å². The van der Waals surface area contributed by atoms with Gasteiger partial charge in [0.05, 0.1) is 6.21 Å². The Kier molecular flexibility index (Phi) is 4.79. The molecule has 0 saturated carbocycles. The van der Waals surface area contributed by atoms with Crippen LogP contribution in [0.2, 0.25) is 0 Å².